The normalized spacial score (nSPS) is 20.0. The van der Waals surface area contributed by atoms with Gasteiger partial charge >= 0.3 is 0 Å². The maximum atomic E-state index is 6.11. The minimum Gasteiger partial charge on any atom is -0.375 e. The summed E-state index contributed by atoms with van der Waals surface area (Å²) in [5.41, 5.74) is 1.66. The molecule has 0 radical (unpaired) electrons. The second-order valence-electron chi connectivity index (χ2n) is 7.30. The van der Waals surface area contributed by atoms with Crippen LogP contribution in [0.4, 0.5) is 0 Å². The van der Waals surface area contributed by atoms with Crippen LogP contribution in [0.3, 0.4) is 0 Å². The average Bonchev–Trinajstić information content (AvgIpc) is 2.37. The van der Waals surface area contributed by atoms with Gasteiger partial charge in [0.25, 0.3) is 0 Å². The van der Waals surface area contributed by atoms with E-state index in [1.165, 1.54) is 5.56 Å². The molecule has 2 heterocycles. The predicted octanol–water partition coefficient (Wildman–Crippen LogP) is 3.71. The monoisotopic (exact) mass is 290 g/mol. The lowest BCUT2D eigenvalue weighted by atomic mass is 9.86. The van der Waals surface area contributed by atoms with Crippen molar-refractivity contribution in [3.8, 4) is 0 Å². The highest BCUT2D eigenvalue weighted by atomic mass is 16.5. The molecule has 3 nitrogen and oxygen atoms in total. The Morgan fingerprint density at radius 3 is 2.43 bits per heavy atom. The van der Waals surface area contributed by atoms with Crippen LogP contribution in [0.1, 0.15) is 52.5 Å². The van der Waals surface area contributed by atoms with Crippen molar-refractivity contribution in [1.29, 1.82) is 0 Å². The van der Waals surface area contributed by atoms with E-state index < -0.39 is 0 Å². The van der Waals surface area contributed by atoms with E-state index >= 15 is 0 Å². The summed E-state index contributed by atoms with van der Waals surface area (Å²) in [6, 6.07) is 4.27. The molecule has 1 aromatic heterocycles. The Balaban J connectivity index is 1.78. The number of nitrogens with zero attached hydrogens (tertiary/aromatic N) is 2. The maximum Gasteiger partial charge on any atom is 0.0829 e. The molecule has 1 aliphatic rings. The van der Waals surface area contributed by atoms with E-state index in [9.17, 15) is 0 Å². The molecule has 0 bridgehead atoms. The lowest BCUT2D eigenvalue weighted by molar-refractivity contribution is -0.0972. The smallest absolute Gasteiger partial charge is 0.0829 e. The zero-order valence-corrected chi connectivity index (χ0v) is 14.2. The Morgan fingerprint density at radius 1 is 1.29 bits per heavy atom. The van der Waals surface area contributed by atoms with Gasteiger partial charge in [0.2, 0.25) is 0 Å². The third-order valence-electron chi connectivity index (χ3n) is 4.65. The molecular formula is C18H30N2O. The molecule has 118 valence electrons. The standard InChI is InChI=1S/C18H30N2O/c1-6-17(15-7-9-19-10-8-15)14(2)13-21-16-11-20(12-16)18(3,4)5/h7-10,14,16-17H,6,11-13H2,1-5H3. The van der Waals surface area contributed by atoms with Gasteiger partial charge in [-0.3, -0.25) is 9.88 Å². The fourth-order valence-corrected chi connectivity index (χ4v) is 3.07. The molecule has 0 aliphatic carbocycles. The summed E-state index contributed by atoms with van der Waals surface area (Å²) in [5.74, 6) is 1.10. The van der Waals surface area contributed by atoms with Crippen molar-refractivity contribution in [2.24, 2.45) is 5.92 Å². The van der Waals surface area contributed by atoms with Crippen LogP contribution in [0.2, 0.25) is 0 Å². The minimum atomic E-state index is 0.272. The Labute approximate surface area is 129 Å². The van der Waals surface area contributed by atoms with E-state index in [1.54, 1.807) is 0 Å². The fourth-order valence-electron chi connectivity index (χ4n) is 3.07. The van der Waals surface area contributed by atoms with Gasteiger partial charge in [-0.05, 0) is 56.7 Å². The first-order chi connectivity index (χ1) is 9.91. The third kappa shape index (κ3) is 4.27. The summed E-state index contributed by atoms with van der Waals surface area (Å²) in [6.45, 7) is 14.3. The lowest BCUT2D eigenvalue weighted by Gasteiger charge is -2.47. The molecule has 2 atom stereocenters. The molecule has 21 heavy (non-hydrogen) atoms. The summed E-state index contributed by atoms with van der Waals surface area (Å²) in [4.78, 5) is 6.59. The molecular weight excluding hydrogens is 260 g/mol. The molecule has 1 saturated heterocycles. The molecule has 0 aromatic carbocycles. The van der Waals surface area contributed by atoms with Gasteiger partial charge in [0.1, 0.15) is 0 Å². The number of pyridine rings is 1. The highest BCUT2D eigenvalue weighted by molar-refractivity contribution is 5.16. The number of rotatable bonds is 6. The SMILES string of the molecule is CCC(c1ccncc1)C(C)COC1CN(C(C)(C)C)C1. The van der Waals surface area contributed by atoms with Gasteiger partial charge in [0, 0.05) is 31.0 Å². The number of hydrogen-bond acceptors (Lipinski definition) is 3. The van der Waals surface area contributed by atoms with E-state index in [0.29, 0.717) is 17.9 Å². The first-order valence-electron chi connectivity index (χ1n) is 8.18. The highest BCUT2D eigenvalue weighted by Crippen LogP contribution is 2.29. The van der Waals surface area contributed by atoms with Crippen LogP contribution in [0.15, 0.2) is 24.5 Å². The summed E-state index contributed by atoms with van der Waals surface area (Å²) in [5, 5.41) is 0. The zero-order chi connectivity index (χ0) is 15.5. The van der Waals surface area contributed by atoms with E-state index in [0.717, 1.165) is 26.1 Å². The Kier molecular flexibility index (Phi) is 5.39. The van der Waals surface area contributed by atoms with E-state index in [2.05, 4.69) is 56.6 Å². The van der Waals surface area contributed by atoms with Crippen LogP contribution in [-0.4, -0.2) is 41.2 Å². The van der Waals surface area contributed by atoms with Gasteiger partial charge < -0.3 is 4.74 Å². The molecule has 1 fully saturated rings. The molecule has 0 spiro atoms. The summed E-state index contributed by atoms with van der Waals surface area (Å²) >= 11 is 0. The first-order valence-corrected chi connectivity index (χ1v) is 8.18. The number of aromatic nitrogens is 1. The summed E-state index contributed by atoms with van der Waals surface area (Å²) < 4.78 is 6.11. The molecule has 2 rings (SSSR count). The van der Waals surface area contributed by atoms with Gasteiger partial charge in [-0.15, -0.1) is 0 Å². The van der Waals surface area contributed by atoms with Crippen molar-refractivity contribution < 1.29 is 4.74 Å². The minimum absolute atomic E-state index is 0.272. The Hall–Kier alpha value is -0.930. The highest BCUT2D eigenvalue weighted by Gasteiger charge is 2.35. The van der Waals surface area contributed by atoms with Crippen molar-refractivity contribution >= 4 is 0 Å². The van der Waals surface area contributed by atoms with Crippen molar-refractivity contribution in [3.05, 3.63) is 30.1 Å². The van der Waals surface area contributed by atoms with Crippen molar-refractivity contribution in [3.63, 3.8) is 0 Å². The fraction of sp³-hybridized carbons (Fsp3) is 0.722. The second kappa shape index (κ2) is 6.89. The average molecular weight is 290 g/mol. The number of hydrogen-bond donors (Lipinski definition) is 0. The van der Waals surface area contributed by atoms with E-state index in [-0.39, 0.29) is 5.54 Å². The molecule has 2 unspecified atom stereocenters. The predicted molar refractivity (Wildman–Crippen MR) is 87.5 cm³/mol. The number of likely N-dealkylation sites (tertiary alicyclic amines) is 1. The topological polar surface area (TPSA) is 25.4 Å². The van der Waals surface area contributed by atoms with Crippen LogP contribution in [0, 0.1) is 5.92 Å². The largest absolute Gasteiger partial charge is 0.375 e. The summed E-state index contributed by atoms with van der Waals surface area (Å²) in [6.07, 6.45) is 5.34. The van der Waals surface area contributed by atoms with E-state index in [4.69, 9.17) is 4.74 Å². The van der Waals surface area contributed by atoms with E-state index in [1.807, 2.05) is 12.4 Å². The van der Waals surface area contributed by atoms with Gasteiger partial charge in [-0.1, -0.05) is 13.8 Å². The second-order valence-corrected chi connectivity index (χ2v) is 7.30. The van der Waals surface area contributed by atoms with Gasteiger partial charge in [0.05, 0.1) is 12.7 Å². The molecule has 1 aromatic rings. The molecule has 3 heteroatoms. The maximum absolute atomic E-state index is 6.11. The van der Waals surface area contributed by atoms with Crippen LogP contribution in [0.25, 0.3) is 0 Å². The van der Waals surface area contributed by atoms with Crippen molar-refractivity contribution in [2.75, 3.05) is 19.7 Å². The molecule has 0 amide bonds. The van der Waals surface area contributed by atoms with Gasteiger partial charge in [-0.25, -0.2) is 0 Å². The Morgan fingerprint density at radius 2 is 1.90 bits per heavy atom. The molecule has 0 saturated carbocycles. The lowest BCUT2D eigenvalue weighted by Crippen LogP contribution is -2.59. The quantitative estimate of drug-likeness (QED) is 0.798. The van der Waals surface area contributed by atoms with Crippen molar-refractivity contribution in [1.82, 2.24) is 9.88 Å². The molecule has 0 N–H and O–H groups in total. The van der Waals surface area contributed by atoms with Crippen molar-refractivity contribution in [2.45, 2.75) is 58.6 Å². The third-order valence-corrected chi connectivity index (χ3v) is 4.65. The van der Waals surface area contributed by atoms with Gasteiger partial charge in [0.15, 0.2) is 0 Å². The van der Waals surface area contributed by atoms with Crippen LogP contribution < -0.4 is 0 Å². The zero-order valence-electron chi connectivity index (χ0n) is 14.2. The Bertz CT molecular complexity index is 421. The summed E-state index contributed by atoms with van der Waals surface area (Å²) in [7, 11) is 0. The van der Waals surface area contributed by atoms with Crippen LogP contribution >= 0.6 is 0 Å². The molecule has 1 aliphatic heterocycles. The van der Waals surface area contributed by atoms with Gasteiger partial charge in [-0.2, -0.15) is 0 Å². The first kappa shape index (κ1) is 16.4. The number of ether oxygens (including phenoxy) is 1. The van der Waals surface area contributed by atoms with Crippen LogP contribution in [0.5, 0.6) is 0 Å². The van der Waals surface area contributed by atoms with Crippen LogP contribution in [-0.2, 0) is 4.74 Å².